The minimum absolute atomic E-state index is 0.0473. The molecule has 1 amide bonds. The van der Waals surface area contributed by atoms with E-state index in [1.165, 1.54) is 27.8 Å². The second-order valence-corrected chi connectivity index (χ2v) is 9.87. The van der Waals surface area contributed by atoms with Crippen LogP contribution in [0.3, 0.4) is 0 Å². The van der Waals surface area contributed by atoms with Crippen molar-refractivity contribution in [3.8, 4) is 0 Å². The first kappa shape index (κ1) is 22.2. The Bertz CT molecular complexity index is 909. The van der Waals surface area contributed by atoms with Crippen LogP contribution in [-0.2, 0) is 16.6 Å². The number of carbonyl (C=O) groups is 1. The highest BCUT2D eigenvalue weighted by Crippen LogP contribution is 2.27. The lowest BCUT2D eigenvalue weighted by Gasteiger charge is -2.22. The predicted octanol–water partition coefficient (Wildman–Crippen LogP) is 4.75. The summed E-state index contributed by atoms with van der Waals surface area (Å²) in [7, 11) is -3.76. The maximum Gasteiger partial charge on any atom is 0.254 e. The van der Waals surface area contributed by atoms with Crippen molar-refractivity contribution in [2.45, 2.75) is 32.2 Å². The van der Waals surface area contributed by atoms with E-state index >= 15 is 0 Å². The molecule has 0 N–H and O–H groups in total. The molecule has 2 aromatic rings. The Morgan fingerprint density at radius 2 is 1.70 bits per heavy atom. The fraction of sp³-hybridized carbons (Fsp3) is 0.389. The summed E-state index contributed by atoms with van der Waals surface area (Å²) < 4.78 is 27.6. The van der Waals surface area contributed by atoms with Gasteiger partial charge in [0.1, 0.15) is 4.90 Å². The average Bonchev–Trinajstić information content (AvgIpc) is 3.05. The number of rotatable bonds is 8. The van der Waals surface area contributed by atoms with E-state index in [9.17, 15) is 13.2 Å². The van der Waals surface area contributed by atoms with Crippen molar-refractivity contribution in [2.75, 3.05) is 19.6 Å². The summed E-state index contributed by atoms with van der Waals surface area (Å²) in [5, 5.41) is 0.103. The molecule has 0 saturated heterocycles. The van der Waals surface area contributed by atoms with Crippen LogP contribution in [0.4, 0.5) is 0 Å². The third-order valence-electron chi connectivity index (χ3n) is 4.15. The molecule has 2 rings (SSSR count). The molecule has 5 nitrogen and oxygen atoms in total. The van der Waals surface area contributed by atoms with Crippen molar-refractivity contribution >= 4 is 50.5 Å². The van der Waals surface area contributed by atoms with Crippen molar-refractivity contribution in [2.24, 2.45) is 0 Å². The highest BCUT2D eigenvalue weighted by molar-refractivity contribution is 7.89. The number of sulfonamides is 1. The maximum atomic E-state index is 12.9. The Hall–Kier alpha value is -1.12. The molecule has 1 aromatic carbocycles. The lowest BCUT2D eigenvalue weighted by molar-refractivity contribution is 0.0754. The SMILES string of the molecule is CCN(Cc1ccc(Cl)s1)C(=O)c1ccc(Cl)c(S(=O)(=O)N(CC)CC)c1. The number of thiophene rings is 1. The summed E-state index contributed by atoms with van der Waals surface area (Å²) in [6.45, 7) is 6.93. The van der Waals surface area contributed by atoms with Crippen LogP contribution in [0, 0.1) is 0 Å². The van der Waals surface area contributed by atoms with Gasteiger partial charge in [0.05, 0.1) is 15.9 Å². The van der Waals surface area contributed by atoms with Crippen LogP contribution in [0.25, 0.3) is 0 Å². The quantitative estimate of drug-likeness (QED) is 0.585. The number of carbonyl (C=O) groups excluding carboxylic acids is 1. The van der Waals surface area contributed by atoms with Gasteiger partial charge in [-0.05, 0) is 37.3 Å². The standard InChI is InChI=1S/C18H22Cl2N2O3S2/c1-4-21(12-14-8-10-17(20)26-14)18(23)13-7-9-15(19)16(11-13)27(24,25)22(5-2)6-3/h7-11H,4-6,12H2,1-3H3. The number of hydrogen-bond acceptors (Lipinski definition) is 4. The smallest absolute Gasteiger partial charge is 0.254 e. The first-order valence-electron chi connectivity index (χ1n) is 8.57. The Kier molecular flexibility index (Phi) is 7.71. The molecule has 0 atom stereocenters. The molecule has 0 saturated carbocycles. The van der Waals surface area contributed by atoms with Crippen LogP contribution in [-0.4, -0.2) is 43.2 Å². The van der Waals surface area contributed by atoms with Crippen molar-refractivity contribution in [1.29, 1.82) is 0 Å². The minimum atomic E-state index is -3.76. The summed E-state index contributed by atoms with van der Waals surface area (Å²) in [6, 6.07) is 8.04. The topological polar surface area (TPSA) is 57.7 Å². The molecular weight excluding hydrogens is 427 g/mol. The summed E-state index contributed by atoms with van der Waals surface area (Å²) in [6.07, 6.45) is 0. The van der Waals surface area contributed by atoms with Crippen molar-refractivity contribution in [3.05, 3.63) is 50.1 Å². The maximum absolute atomic E-state index is 12.9. The van der Waals surface area contributed by atoms with Crippen LogP contribution in [0.5, 0.6) is 0 Å². The second-order valence-electron chi connectivity index (χ2n) is 5.76. The van der Waals surface area contributed by atoms with Crippen molar-refractivity contribution < 1.29 is 13.2 Å². The zero-order valence-corrected chi connectivity index (χ0v) is 18.6. The van der Waals surface area contributed by atoms with Gasteiger partial charge in [-0.25, -0.2) is 8.42 Å². The van der Waals surface area contributed by atoms with Crippen LogP contribution in [0.1, 0.15) is 36.0 Å². The Labute approximate surface area is 174 Å². The van der Waals surface area contributed by atoms with Crippen LogP contribution >= 0.6 is 34.5 Å². The van der Waals surface area contributed by atoms with Crippen molar-refractivity contribution in [1.82, 2.24) is 9.21 Å². The van der Waals surface area contributed by atoms with Gasteiger partial charge >= 0.3 is 0 Å². The van der Waals surface area contributed by atoms with Gasteiger partial charge < -0.3 is 4.90 Å². The van der Waals surface area contributed by atoms with Gasteiger partial charge in [-0.3, -0.25) is 4.79 Å². The molecule has 27 heavy (non-hydrogen) atoms. The molecular formula is C18H22Cl2N2O3S2. The van der Waals surface area contributed by atoms with E-state index in [2.05, 4.69) is 0 Å². The highest BCUT2D eigenvalue weighted by atomic mass is 35.5. The third-order valence-corrected chi connectivity index (χ3v) is 7.89. The van der Waals surface area contributed by atoms with Gasteiger partial charge in [0.2, 0.25) is 10.0 Å². The summed E-state index contributed by atoms with van der Waals surface area (Å²) in [5.41, 5.74) is 0.287. The van der Waals surface area contributed by atoms with E-state index in [0.717, 1.165) is 4.88 Å². The number of benzene rings is 1. The number of nitrogens with zero attached hydrogens (tertiary/aromatic N) is 2. The van der Waals surface area contributed by atoms with E-state index in [1.807, 2.05) is 13.0 Å². The van der Waals surface area contributed by atoms with Gasteiger partial charge in [0, 0.05) is 30.1 Å². The highest BCUT2D eigenvalue weighted by Gasteiger charge is 2.26. The first-order chi connectivity index (χ1) is 12.7. The fourth-order valence-corrected chi connectivity index (χ4v) is 5.73. The zero-order chi connectivity index (χ0) is 20.2. The van der Waals surface area contributed by atoms with Crippen LogP contribution in [0.15, 0.2) is 35.2 Å². The lowest BCUT2D eigenvalue weighted by atomic mass is 10.2. The summed E-state index contributed by atoms with van der Waals surface area (Å²) in [5.74, 6) is -0.255. The van der Waals surface area contributed by atoms with E-state index in [4.69, 9.17) is 23.2 Å². The lowest BCUT2D eigenvalue weighted by Crippen LogP contribution is -2.32. The molecule has 0 bridgehead atoms. The molecule has 1 aromatic heterocycles. The number of amides is 1. The van der Waals surface area contributed by atoms with E-state index in [1.54, 1.807) is 30.9 Å². The van der Waals surface area contributed by atoms with Crippen LogP contribution in [0.2, 0.25) is 9.36 Å². The van der Waals surface area contributed by atoms with Gasteiger partial charge in [-0.15, -0.1) is 11.3 Å². The molecule has 0 spiro atoms. The molecule has 0 aliphatic rings. The molecule has 148 valence electrons. The first-order valence-corrected chi connectivity index (χ1v) is 11.6. The molecule has 0 radical (unpaired) electrons. The molecule has 1 heterocycles. The van der Waals surface area contributed by atoms with Gasteiger partial charge in [0.25, 0.3) is 5.91 Å². The van der Waals surface area contributed by atoms with Gasteiger partial charge in [-0.1, -0.05) is 37.0 Å². The van der Waals surface area contributed by atoms with Gasteiger partial charge in [0.15, 0.2) is 0 Å². The summed E-state index contributed by atoms with van der Waals surface area (Å²) >= 11 is 13.5. The molecule has 0 aliphatic heterocycles. The molecule has 0 unspecified atom stereocenters. The Morgan fingerprint density at radius 1 is 1.04 bits per heavy atom. The molecule has 0 aliphatic carbocycles. The zero-order valence-electron chi connectivity index (χ0n) is 15.4. The molecule has 9 heteroatoms. The predicted molar refractivity (Wildman–Crippen MR) is 111 cm³/mol. The van der Waals surface area contributed by atoms with E-state index < -0.39 is 10.0 Å². The monoisotopic (exact) mass is 448 g/mol. The average molecular weight is 449 g/mol. The van der Waals surface area contributed by atoms with Crippen LogP contribution < -0.4 is 0 Å². The minimum Gasteiger partial charge on any atom is -0.334 e. The second kappa shape index (κ2) is 9.39. The Morgan fingerprint density at radius 3 is 2.22 bits per heavy atom. The Balaban J connectivity index is 2.36. The van der Waals surface area contributed by atoms with Crippen molar-refractivity contribution in [3.63, 3.8) is 0 Å². The normalized spacial score (nSPS) is 11.8. The third kappa shape index (κ3) is 5.03. The molecule has 0 fully saturated rings. The fourth-order valence-electron chi connectivity index (χ4n) is 2.67. The summed E-state index contributed by atoms with van der Waals surface area (Å²) in [4.78, 5) is 15.5. The van der Waals surface area contributed by atoms with Gasteiger partial charge in [-0.2, -0.15) is 4.31 Å². The van der Waals surface area contributed by atoms with E-state index in [0.29, 0.717) is 30.5 Å². The number of halogens is 2. The largest absolute Gasteiger partial charge is 0.334 e. The number of hydrogen-bond donors (Lipinski definition) is 0. The van der Waals surface area contributed by atoms with E-state index in [-0.39, 0.29) is 21.4 Å².